The van der Waals surface area contributed by atoms with E-state index in [1.165, 1.54) is 0 Å². The third-order valence-electron chi connectivity index (χ3n) is 4.94. The molecule has 2 aromatic heterocycles. The standard InChI is InChI=1S/C23H19N3O4S/c1-15(23(28)29)26-19-11-10-17(22(27)16-7-3-2-4-8-16)13-18(19)25-20(26)14-31(30)21-9-5-6-12-24-21/h2-13,15H,14H2,1H3,(H,28,29). The van der Waals surface area contributed by atoms with Crippen LogP contribution in [0, 0.1) is 0 Å². The summed E-state index contributed by atoms with van der Waals surface area (Å²) in [5, 5.41) is 9.98. The maximum Gasteiger partial charge on any atom is 0.326 e. The van der Waals surface area contributed by atoms with Gasteiger partial charge in [-0.3, -0.25) is 9.00 Å². The van der Waals surface area contributed by atoms with Crippen LogP contribution in [-0.4, -0.2) is 35.6 Å². The smallest absolute Gasteiger partial charge is 0.326 e. The molecule has 0 amide bonds. The molecular weight excluding hydrogens is 414 g/mol. The Labute approximate surface area is 180 Å². The number of carboxylic acid groups (broad SMARTS) is 1. The molecule has 2 heterocycles. The topological polar surface area (TPSA) is 102 Å². The van der Waals surface area contributed by atoms with Gasteiger partial charge in [0.15, 0.2) is 5.78 Å². The fourth-order valence-corrected chi connectivity index (χ4v) is 4.36. The quantitative estimate of drug-likeness (QED) is 0.447. The molecule has 0 aliphatic carbocycles. The highest BCUT2D eigenvalue weighted by molar-refractivity contribution is 7.84. The van der Waals surface area contributed by atoms with E-state index >= 15 is 0 Å². The Balaban J connectivity index is 1.77. The Hall–Kier alpha value is -3.65. The molecule has 0 radical (unpaired) electrons. The van der Waals surface area contributed by atoms with E-state index in [1.54, 1.807) is 78.4 Å². The largest absolute Gasteiger partial charge is 0.480 e. The molecule has 156 valence electrons. The average Bonchev–Trinajstić information content (AvgIpc) is 3.15. The molecule has 0 saturated carbocycles. The second kappa shape index (κ2) is 8.61. The highest BCUT2D eigenvalue weighted by Gasteiger charge is 2.23. The lowest BCUT2D eigenvalue weighted by Crippen LogP contribution is -2.19. The Morgan fingerprint density at radius 1 is 1.03 bits per heavy atom. The van der Waals surface area contributed by atoms with E-state index in [1.807, 2.05) is 6.07 Å². The summed E-state index contributed by atoms with van der Waals surface area (Å²) in [6, 6.07) is 18.1. The van der Waals surface area contributed by atoms with Crippen LogP contribution in [0.4, 0.5) is 0 Å². The molecule has 0 spiro atoms. The Morgan fingerprint density at radius 3 is 2.45 bits per heavy atom. The predicted molar refractivity (Wildman–Crippen MR) is 116 cm³/mol. The molecule has 0 aliphatic heterocycles. The summed E-state index contributed by atoms with van der Waals surface area (Å²) in [7, 11) is -1.50. The Bertz CT molecular complexity index is 1290. The van der Waals surface area contributed by atoms with Crippen molar-refractivity contribution in [2.75, 3.05) is 0 Å². The van der Waals surface area contributed by atoms with Gasteiger partial charge < -0.3 is 9.67 Å². The lowest BCUT2D eigenvalue weighted by atomic mass is 10.0. The number of aromatic nitrogens is 3. The van der Waals surface area contributed by atoms with Gasteiger partial charge in [-0.1, -0.05) is 36.4 Å². The van der Waals surface area contributed by atoms with Crippen LogP contribution in [0.25, 0.3) is 11.0 Å². The maximum absolute atomic E-state index is 12.8. The van der Waals surface area contributed by atoms with Gasteiger partial charge in [0.05, 0.1) is 27.6 Å². The van der Waals surface area contributed by atoms with E-state index in [0.717, 1.165) is 0 Å². The van der Waals surface area contributed by atoms with Crippen molar-refractivity contribution in [3.63, 3.8) is 0 Å². The first-order chi connectivity index (χ1) is 15.0. The van der Waals surface area contributed by atoms with E-state index in [4.69, 9.17) is 0 Å². The maximum atomic E-state index is 12.8. The molecule has 0 fully saturated rings. The van der Waals surface area contributed by atoms with Gasteiger partial charge >= 0.3 is 5.97 Å². The van der Waals surface area contributed by atoms with E-state index in [2.05, 4.69) is 9.97 Å². The Kier molecular flexibility index (Phi) is 5.73. The number of hydrogen-bond acceptors (Lipinski definition) is 5. The highest BCUT2D eigenvalue weighted by atomic mass is 32.2. The number of fused-ring (bicyclic) bond motifs is 1. The van der Waals surface area contributed by atoms with E-state index in [9.17, 15) is 18.9 Å². The second-order valence-electron chi connectivity index (χ2n) is 6.97. The first kappa shape index (κ1) is 20.6. The zero-order chi connectivity index (χ0) is 22.0. The van der Waals surface area contributed by atoms with E-state index < -0.39 is 22.8 Å². The fourth-order valence-electron chi connectivity index (χ4n) is 3.36. The van der Waals surface area contributed by atoms with Crippen molar-refractivity contribution in [1.29, 1.82) is 0 Å². The number of ketones is 1. The summed E-state index contributed by atoms with van der Waals surface area (Å²) in [6.45, 7) is 1.54. The van der Waals surface area contributed by atoms with Crippen LogP contribution in [0.2, 0.25) is 0 Å². The van der Waals surface area contributed by atoms with Crippen LogP contribution in [0.1, 0.15) is 34.7 Å². The van der Waals surface area contributed by atoms with Gasteiger partial charge in [0, 0.05) is 17.3 Å². The number of benzene rings is 2. The number of pyridine rings is 1. The van der Waals surface area contributed by atoms with Gasteiger partial charge in [0.25, 0.3) is 0 Å². The molecule has 2 atom stereocenters. The Morgan fingerprint density at radius 2 is 1.77 bits per heavy atom. The van der Waals surface area contributed by atoms with Gasteiger partial charge in [-0.2, -0.15) is 0 Å². The number of aliphatic carboxylic acids is 1. The van der Waals surface area contributed by atoms with Crippen LogP contribution >= 0.6 is 0 Å². The third kappa shape index (κ3) is 4.15. The van der Waals surface area contributed by atoms with Crippen LogP contribution in [-0.2, 0) is 21.3 Å². The molecule has 0 aliphatic rings. The first-order valence-corrected chi connectivity index (χ1v) is 10.9. The van der Waals surface area contributed by atoms with Crippen molar-refractivity contribution >= 4 is 33.6 Å². The minimum atomic E-state index is -1.50. The summed E-state index contributed by atoms with van der Waals surface area (Å²) in [4.78, 5) is 33.2. The first-order valence-electron chi connectivity index (χ1n) is 9.58. The highest BCUT2D eigenvalue weighted by Crippen LogP contribution is 2.25. The zero-order valence-corrected chi connectivity index (χ0v) is 17.5. The molecule has 2 aromatic carbocycles. The van der Waals surface area contributed by atoms with E-state index in [-0.39, 0.29) is 11.5 Å². The normalized spacial score (nSPS) is 13.1. The number of hydrogen-bond donors (Lipinski definition) is 1. The summed E-state index contributed by atoms with van der Waals surface area (Å²) in [6.07, 6.45) is 1.55. The number of rotatable bonds is 7. The lowest BCUT2D eigenvalue weighted by molar-refractivity contribution is -0.140. The van der Waals surface area contributed by atoms with Gasteiger partial charge in [-0.25, -0.2) is 14.8 Å². The molecule has 8 heteroatoms. The number of imidazole rings is 1. The molecule has 4 rings (SSSR count). The zero-order valence-electron chi connectivity index (χ0n) is 16.6. The minimum Gasteiger partial charge on any atom is -0.480 e. The summed E-state index contributed by atoms with van der Waals surface area (Å²) in [5.41, 5.74) is 2.04. The second-order valence-corrected chi connectivity index (χ2v) is 8.37. The van der Waals surface area contributed by atoms with Gasteiger partial charge in [0.2, 0.25) is 0 Å². The van der Waals surface area contributed by atoms with E-state index in [0.29, 0.717) is 33.0 Å². The molecule has 7 nitrogen and oxygen atoms in total. The molecule has 2 unspecified atom stereocenters. The van der Waals surface area contributed by atoms with Gasteiger partial charge in [-0.05, 0) is 37.3 Å². The number of carboxylic acids is 1. The molecule has 0 bridgehead atoms. The average molecular weight is 433 g/mol. The summed E-state index contributed by atoms with van der Waals surface area (Å²) < 4.78 is 14.3. The molecular formula is C23H19N3O4S. The van der Waals surface area contributed by atoms with Crippen molar-refractivity contribution < 1.29 is 18.9 Å². The van der Waals surface area contributed by atoms with Gasteiger partial charge in [-0.15, -0.1) is 0 Å². The number of nitrogens with zero attached hydrogens (tertiary/aromatic N) is 3. The summed E-state index contributed by atoms with van der Waals surface area (Å²) >= 11 is 0. The molecule has 31 heavy (non-hydrogen) atoms. The van der Waals surface area contributed by atoms with Crippen LogP contribution < -0.4 is 0 Å². The third-order valence-corrected chi connectivity index (χ3v) is 6.17. The molecule has 1 N–H and O–H groups in total. The fraction of sp³-hybridized carbons (Fsp3) is 0.130. The SMILES string of the molecule is CC(C(=O)O)n1c(CS(=O)c2ccccn2)nc2cc(C(=O)c3ccccc3)ccc21. The van der Waals surface area contributed by atoms with Crippen LogP contribution in [0.5, 0.6) is 0 Å². The predicted octanol–water partition coefficient (Wildman–Crippen LogP) is 3.62. The van der Waals surface area contributed by atoms with Crippen LogP contribution in [0.3, 0.4) is 0 Å². The van der Waals surface area contributed by atoms with Crippen LogP contribution in [0.15, 0.2) is 78.0 Å². The minimum absolute atomic E-state index is 0.00524. The van der Waals surface area contributed by atoms with Crippen molar-refractivity contribution in [3.8, 4) is 0 Å². The van der Waals surface area contributed by atoms with Crippen molar-refractivity contribution in [2.45, 2.75) is 23.7 Å². The number of carbonyl (C=O) groups excluding carboxylic acids is 1. The molecule has 4 aromatic rings. The van der Waals surface area contributed by atoms with Crippen molar-refractivity contribution in [3.05, 3.63) is 89.9 Å². The van der Waals surface area contributed by atoms with Crippen molar-refractivity contribution in [2.24, 2.45) is 0 Å². The van der Waals surface area contributed by atoms with Crippen molar-refractivity contribution in [1.82, 2.24) is 14.5 Å². The molecule has 0 saturated heterocycles. The van der Waals surface area contributed by atoms with Gasteiger partial charge in [0.1, 0.15) is 16.9 Å². The summed E-state index contributed by atoms with van der Waals surface area (Å²) in [5.74, 6) is -0.820. The lowest BCUT2D eigenvalue weighted by Gasteiger charge is -2.13. The number of carbonyl (C=O) groups is 2. The monoisotopic (exact) mass is 433 g/mol.